The Kier molecular flexibility index (Phi) is 4.66. The lowest BCUT2D eigenvalue weighted by atomic mass is 9.93. The maximum atomic E-state index is 10.5. The van der Waals surface area contributed by atoms with Gasteiger partial charge >= 0.3 is 0 Å². The normalized spacial score (nSPS) is 12.5. The molecule has 20 heavy (non-hydrogen) atoms. The molecule has 1 nitrogen and oxygen atoms in total. The number of rotatable bonds is 3. The molecule has 2 rings (SSSR count). The van der Waals surface area contributed by atoms with Crippen molar-refractivity contribution in [1.29, 1.82) is 0 Å². The smallest absolute Gasteiger partial charge is 0.0841 e. The number of halogens is 1. The quantitative estimate of drug-likeness (QED) is 0.842. The summed E-state index contributed by atoms with van der Waals surface area (Å²) in [5, 5.41) is 10.5. The van der Waals surface area contributed by atoms with Crippen LogP contribution in [0.1, 0.15) is 39.5 Å². The molecular weight excluding hydrogens is 312 g/mol. The minimum absolute atomic E-state index is 0.481. The van der Waals surface area contributed by atoms with Crippen molar-refractivity contribution >= 4 is 15.9 Å². The molecule has 2 heteroatoms. The minimum Gasteiger partial charge on any atom is -0.388 e. The van der Waals surface area contributed by atoms with Crippen LogP contribution in [0.3, 0.4) is 0 Å². The number of aliphatic hydroxyl groups is 1. The molecular formula is C18H21BrO. The summed E-state index contributed by atoms with van der Waals surface area (Å²) in [4.78, 5) is 0. The Hall–Kier alpha value is -1.12. The minimum atomic E-state index is -0.481. The van der Waals surface area contributed by atoms with Gasteiger partial charge in [-0.15, -0.1) is 0 Å². The van der Waals surface area contributed by atoms with E-state index in [1.807, 2.05) is 18.2 Å². The van der Waals surface area contributed by atoms with Crippen LogP contribution in [0.4, 0.5) is 0 Å². The van der Waals surface area contributed by atoms with Crippen LogP contribution in [0.15, 0.2) is 34.8 Å². The van der Waals surface area contributed by atoms with E-state index in [0.717, 1.165) is 10.0 Å². The highest BCUT2D eigenvalue weighted by Crippen LogP contribution is 2.29. The van der Waals surface area contributed by atoms with Gasteiger partial charge in [0.15, 0.2) is 0 Å². The van der Waals surface area contributed by atoms with Crippen LogP contribution in [0.5, 0.6) is 0 Å². The maximum Gasteiger partial charge on any atom is 0.0841 e. The summed E-state index contributed by atoms with van der Waals surface area (Å²) in [6.45, 7) is 8.39. The molecule has 0 heterocycles. The Morgan fingerprint density at radius 2 is 1.55 bits per heavy atom. The highest BCUT2D eigenvalue weighted by molar-refractivity contribution is 9.10. The molecule has 2 aromatic carbocycles. The molecule has 0 radical (unpaired) electrons. The van der Waals surface area contributed by atoms with Crippen molar-refractivity contribution in [2.75, 3.05) is 0 Å². The van der Waals surface area contributed by atoms with E-state index in [2.05, 4.69) is 55.8 Å². The zero-order valence-electron chi connectivity index (χ0n) is 12.5. The first-order chi connectivity index (χ1) is 9.38. The molecule has 0 aliphatic heterocycles. The Morgan fingerprint density at radius 3 is 2.10 bits per heavy atom. The first kappa shape index (κ1) is 15.3. The van der Waals surface area contributed by atoms with Crippen molar-refractivity contribution < 1.29 is 5.11 Å². The maximum absolute atomic E-state index is 10.5. The largest absolute Gasteiger partial charge is 0.388 e. The van der Waals surface area contributed by atoms with Gasteiger partial charge in [0.05, 0.1) is 6.10 Å². The highest BCUT2D eigenvalue weighted by Gasteiger charge is 2.15. The molecule has 0 saturated heterocycles. The van der Waals surface area contributed by atoms with Crippen molar-refractivity contribution in [2.45, 2.75) is 40.2 Å². The van der Waals surface area contributed by atoms with Crippen LogP contribution in [-0.2, 0) is 6.42 Å². The van der Waals surface area contributed by atoms with Gasteiger partial charge in [0.2, 0.25) is 0 Å². The van der Waals surface area contributed by atoms with E-state index >= 15 is 0 Å². The van der Waals surface area contributed by atoms with Crippen molar-refractivity contribution in [3.8, 4) is 0 Å². The molecule has 1 atom stereocenters. The average Bonchev–Trinajstić information content (AvgIpc) is 2.33. The Labute approximate surface area is 129 Å². The molecule has 2 aromatic rings. The first-order valence-electron chi connectivity index (χ1n) is 6.89. The molecule has 0 aliphatic rings. The van der Waals surface area contributed by atoms with Gasteiger partial charge in [-0.25, -0.2) is 0 Å². The third kappa shape index (κ3) is 3.31. The van der Waals surface area contributed by atoms with Gasteiger partial charge < -0.3 is 5.11 Å². The Balaban J connectivity index is 2.30. The molecule has 0 aromatic heterocycles. The van der Waals surface area contributed by atoms with E-state index in [1.165, 1.54) is 27.8 Å². The summed E-state index contributed by atoms with van der Waals surface area (Å²) in [5.41, 5.74) is 7.17. The second-order valence-electron chi connectivity index (χ2n) is 5.62. The summed E-state index contributed by atoms with van der Waals surface area (Å²) < 4.78 is 0.979. The summed E-state index contributed by atoms with van der Waals surface area (Å²) in [7, 11) is 0. The topological polar surface area (TPSA) is 20.2 Å². The van der Waals surface area contributed by atoms with Crippen molar-refractivity contribution in [1.82, 2.24) is 0 Å². The second-order valence-corrected chi connectivity index (χ2v) is 6.48. The van der Waals surface area contributed by atoms with Gasteiger partial charge in [0.25, 0.3) is 0 Å². The van der Waals surface area contributed by atoms with Gasteiger partial charge in [0, 0.05) is 10.9 Å². The molecule has 0 fully saturated rings. The van der Waals surface area contributed by atoms with Crippen LogP contribution < -0.4 is 0 Å². The lowest BCUT2D eigenvalue weighted by Gasteiger charge is -2.17. The van der Waals surface area contributed by atoms with E-state index < -0.39 is 6.10 Å². The fourth-order valence-corrected chi connectivity index (χ4v) is 3.50. The van der Waals surface area contributed by atoms with Crippen LogP contribution in [-0.4, -0.2) is 5.11 Å². The zero-order valence-corrected chi connectivity index (χ0v) is 14.1. The third-order valence-corrected chi connectivity index (χ3v) is 4.44. The van der Waals surface area contributed by atoms with E-state index in [-0.39, 0.29) is 0 Å². The molecule has 1 N–H and O–H groups in total. The van der Waals surface area contributed by atoms with Crippen LogP contribution in [0, 0.1) is 27.7 Å². The van der Waals surface area contributed by atoms with Crippen LogP contribution in [0.25, 0.3) is 0 Å². The summed E-state index contributed by atoms with van der Waals surface area (Å²) in [6, 6.07) is 10.5. The number of hydrogen-bond acceptors (Lipinski definition) is 1. The Bertz CT molecular complexity index is 608. The fourth-order valence-electron chi connectivity index (χ4n) is 2.74. The van der Waals surface area contributed by atoms with Crippen molar-refractivity contribution in [3.63, 3.8) is 0 Å². The van der Waals surface area contributed by atoms with Gasteiger partial charge in [-0.05, 0) is 61.6 Å². The number of hydrogen-bond donors (Lipinski definition) is 1. The third-order valence-electron chi connectivity index (χ3n) is 3.75. The molecule has 0 spiro atoms. The van der Waals surface area contributed by atoms with Crippen LogP contribution in [0.2, 0.25) is 0 Å². The molecule has 0 aliphatic carbocycles. The fraction of sp³-hybridized carbons (Fsp3) is 0.333. The van der Waals surface area contributed by atoms with E-state index in [4.69, 9.17) is 0 Å². The zero-order chi connectivity index (χ0) is 14.9. The van der Waals surface area contributed by atoms with Gasteiger partial charge in [0.1, 0.15) is 0 Å². The standard InChI is InChI=1S/C18H21BrO/c1-11-5-6-15(17(19)9-11)18(20)10-16-13(3)7-12(2)8-14(16)4/h5-9,18,20H,10H2,1-4H3. The molecule has 0 amide bonds. The number of aliphatic hydroxyl groups excluding tert-OH is 1. The predicted molar refractivity (Wildman–Crippen MR) is 88.2 cm³/mol. The van der Waals surface area contributed by atoms with Crippen LogP contribution >= 0.6 is 15.9 Å². The van der Waals surface area contributed by atoms with Crippen molar-refractivity contribution in [2.24, 2.45) is 0 Å². The monoisotopic (exact) mass is 332 g/mol. The lowest BCUT2D eigenvalue weighted by Crippen LogP contribution is -2.06. The summed E-state index contributed by atoms with van der Waals surface area (Å²) in [6.07, 6.45) is 0.171. The molecule has 1 unspecified atom stereocenters. The van der Waals surface area contributed by atoms with Gasteiger partial charge in [-0.2, -0.15) is 0 Å². The second kappa shape index (κ2) is 6.11. The first-order valence-corrected chi connectivity index (χ1v) is 7.68. The van der Waals surface area contributed by atoms with E-state index in [0.29, 0.717) is 6.42 Å². The average molecular weight is 333 g/mol. The Morgan fingerprint density at radius 1 is 0.950 bits per heavy atom. The van der Waals surface area contributed by atoms with Gasteiger partial charge in [-0.3, -0.25) is 0 Å². The van der Waals surface area contributed by atoms with Gasteiger partial charge in [-0.1, -0.05) is 45.8 Å². The summed E-state index contributed by atoms with van der Waals surface area (Å²) in [5.74, 6) is 0. The highest BCUT2D eigenvalue weighted by atomic mass is 79.9. The molecule has 0 bridgehead atoms. The number of aryl methyl sites for hydroxylation is 4. The van der Waals surface area contributed by atoms with Crippen molar-refractivity contribution in [3.05, 3.63) is 68.2 Å². The number of benzene rings is 2. The molecule has 0 saturated carbocycles. The van der Waals surface area contributed by atoms with E-state index in [1.54, 1.807) is 0 Å². The summed E-state index contributed by atoms with van der Waals surface area (Å²) >= 11 is 3.55. The SMILES string of the molecule is Cc1cc(C)c(CC(O)c2ccc(C)cc2Br)c(C)c1. The lowest BCUT2D eigenvalue weighted by molar-refractivity contribution is 0.177. The van der Waals surface area contributed by atoms with E-state index in [9.17, 15) is 5.11 Å². The predicted octanol–water partition coefficient (Wildman–Crippen LogP) is 4.96. The molecule has 106 valence electrons.